The summed E-state index contributed by atoms with van der Waals surface area (Å²) in [6.45, 7) is 6.45. The van der Waals surface area contributed by atoms with Crippen molar-refractivity contribution in [3.63, 3.8) is 0 Å². The number of aromatic nitrogens is 1. The zero-order valence-corrected chi connectivity index (χ0v) is 20.1. The third-order valence-corrected chi connectivity index (χ3v) is 6.73. The second-order valence-corrected chi connectivity index (χ2v) is 9.56. The van der Waals surface area contributed by atoms with Crippen LogP contribution in [0.2, 0.25) is 0 Å². The molecule has 1 amide bonds. The molecule has 1 N–H and O–H groups in total. The quantitative estimate of drug-likeness (QED) is 0.318. The number of Topliss-reactive ketones (excluding diaryl/α,β-unsaturated/α-hetero) is 1. The zero-order valence-electron chi connectivity index (χ0n) is 20.1. The lowest BCUT2D eigenvalue weighted by atomic mass is 9.92. The largest absolute Gasteiger partial charge is 0.507 e. The van der Waals surface area contributed by atoms with Crippen LogP contribution in [0.25, 0.3) is 5.76 Å². The van der Waals surface area contributed by atoms with Crippen LogP contribution in [0.3, 0.4) is 0 Å². The summed E-state index contributed by atoms with van der Waals surface area (Å²) in [6.07, 6.45) is 4.11. The number of likely N-dealkylation sites (tertiary alicyclic amines) is 1. The summed E-state index contributed by atoms with van der Waals surface area (Å²) in [4.78, 5) is 32.1. The Morgan fingerprint density at radius 2 is 1.80 bits per heavy atom. The molecule has 1 aromatic heterocycles. The number of ketones is 1. The van der Waals surface area contributed by atoms with Crippen molar-refractivity contribution in [1.82, 2.24) is 9.88 Å². The van der Waals surface area contributed by atoms with Gasteiger partial charge in [-0.1, -0.05) is 38.1 Å². The Hall–Kier alpha value is -3.93. The predicted octanol–water partition coefficient (Wildman–Crippen LogP) is 5.15. The van der Waals surface area contributed by atoms with Crippen molar-refractivity contribution in [1.29, 1.82) is 0 Å². The first-order chi connectivity index (χ1) is 16.8. The summed E-state index contributed by atoms with van der Waals surface area (Å²) in [6, 6.07) is 16.3. The first-order valence-corrected chi connectivity index (χ1v) is 11.9. The van der Waals surface area contributed by atoms with Crippen molar-refractivity contribution < 1.29 is 19.4 Å². The minimum atomic E-state index is -0.701. The Labute approximate surface area is 204 Å². The van der Waals surface area contributed by atoms with E-state index in [2.05, 4.69) is 18.8 Å². The van der Waals surface area contributed by atoms with Crippen LogP contribution in [0.4, 0.5) is 0 Å². The monoisotopic (exact) mass is 468 g/mol. The highest BCUT2D eigenvalue weighted by Crippen LogP contribution is 2.41. The molecule has 3 aromatic rings. The fraction of sp³-hybridized carbons (Fsp3) is 0.276. The van der Waals surface area contributed by atoms with E-state index in [0.29, 0.717) is 11.5 Å². The van der Waals surface area contributed by atoms with Gasteiger partial charge in [-0.3, -0.25) is 14.6 Å². The van der Waals surface area contributed by atoms with Crippen LogP contribution in [0.1, 0.15) is 60.5 Å². The zero-order chi connectivity index (χ0) is 24.7. The number of pyridine rings is 1. The molecule has 1 fully saturated rings. The lowest BCUT2D eigenvalue weighted by Crippen LogP contribution is -2.29. The Kier molecular flexibility index (Phi) is 5.89. The molecule has 0 spiro atoms. The molecule has 2 aliphatic heterocycles. The highest BCUT2D eigenvalue weighted by molar-refractivity contribution is 6.46. The van der Waals surface area contributed by atoms with E-state index in [-0.39, 0.29) is 24.0 Å². The molecule has 178 valence electrons. The molecule has 0 unspecified atom stereocenters. The minimum absolute atomic E-state index is 0.0628. The summed E-state index contributed by atoms with van der Waals surface area (Å²) in [5.74, 6) is -0.337. The second-order valence-electron chi connectivity index (χ2n) is 9.56. The van der Waals surface area contributed by atoms with Gasteiger partial charge in [0.2, 0.25) is 0 Å². The maximum atomic E-state index is 13.3. The summed E-state index contributed by atoms with van der Waals surface area (Å²) < 4.78 is 5.78. The average Bonchev–Trinajstić information content (AvgIpc) is 3.35. The topological polar surface area (TPSA) is 79.7 Å². The van der Waals surface area contributed by atoms with E-state index in [4.69, 9.17) is 4.74 Å². The van der Waals surface area contributed by atoms with E-state index < -0.39 is 17.7 Å². The number of benzene rings is 2. The van der Waals surface area contributed by atoms with Crippen LogP contribution in [-0.4, -0.2) is 32.8 Å². The molecule has 2 atom stereocenters. The van der Waals surface area contributed by atoms with E-state index in [1.807, 2.05) is 55.5 Å². The molecule has 6 heteroatoms. The van der Waals surface area contributed by atoms with Gasteiger partial charge in [0.05, 0.1) is 11.6 Å². The molecule has 2 aliphatic rings. The summed E-state index contributed by atoms with van der Waals surface area (Å²) >= 11 is 0. The third-order valence-electron chi connectivity index (χ3n) is 6.73. The molecule has 1 saturated heterocycles. The number of ether oxygens (including phenoxy) is 1. The van der Waals surface area contributed by atoms with Crippen LogP contribution in [0, 0.1) is 0 Å². The van der Waals surface area contributed by atoms with Crippen LogP contribution >= 0.6 is 0 Å². The average molecular weight is 469 g/mol. The molecule has 0 bridgehead atoms. The fourth-order valence-corrected chi connectivity index (χ4v) is 4.86. The number of carbonyl (C=O) groups is 2. The Bertz CT molecular complexity index is 1310. The number of rotatable bonds is 5. The summed E-state index contributed by atoms with van der Waals surface area (Å²) in [5.41, 5.74) is 4.38. The Morgan fingerprint density at radius 3 is 2.49 bits per heavy atom. The van der Waals surface area contributed by atoms with Crippen LogP contribution < -0.4 is 4.74 Å². The van der Waals surface area contributed by atoms with Gasteiger partial charge >= 0.3 is 0 Å². The fourth-order valence-electron chi connectivity index (χ4n) is 4.86. The normalized spacial score (nSPS) is 20.9. The maximum absolute atomic E-state index is 13.3. The van der Waals surface area contributed by atoms with Gasteiger partial charge < -0.3 is 14.7 Å². The molecule has 0 aliphatic carbocycles. The van der Waals surface area contributed by atoms with Gasteiger partial charge in [-0.2, -0.15) is 0 Å². The van der Waals surface area contributed by atoms with Gasteiger partial charge in [0.1, 0.15) is 17.6 Å². The number of aliphatic hydroxyl groups excluding tert-OH is 1. The van der Waals surface area contributed by atoms with Gasteiger partial charge in [-0.05, 0) is 65.4 Å². The lowest BCUT2D eigenvalue weighted by Gasteiger charge is -2.26. The van der Waals surface area contributed by atoms with Gasteiger partial charge in [-0.25, -0.2) is 0 Å². The summed E-state index contributed by atoms with van der Waals surface area (Å²) in [7, 11) is 0. The van der Waals surface area contributed by atoms with Crippen molar-refractivity contribution in [2.75, 3.05) is 0 Å². The van der Waals surface area contributed by atoms with E-state index in [1.165, 1.54) is 4.90 Å². The third kappa shape index (κ3) is 4.20. The second kappa shape index (κ2) is 9.02. The number of amides is 1. The Morgan fingerprint density at radius 1 is 1.09 bits per heavy atom. The van der Waals surface area contributed by atoms with Crippen molar-refractivity contribution in [3.05, 3.63) is 100 Å². The number of nitrogens with zero attached hydrogens (tertiary/aromatic N) is 2. The van der Waals surface area contributed by atoms with Crippen LogP contribution in [0.5, 0.6) is 5.75 Å². The molecule has 2 aromatic carbocycles. The number of fused-ring (bicyclic) bond motifs is 1. The van der Waals surface area contributed by atoms with Gasteiger partial charge in [-0.15, -0.1) is 0 Å². The molecule has 3 heterocycles. The minimum Gasteiger partial charge on any atom is -0.507 e. The molecule has 6 nitrogen and oxygen atoms in total. The predicted molar refractivity (Wildman–Crippen MR) is 133 cm³/mol. The van der Waals surface area contributed by atoms with Crippen molar-refractivity contribution in [2.45, 2.75) is 51.8 Å². The van der Waals surface area contributed by atoms with Gasteiger partial charge in [0, 0.05) is 30.9 Å². The highest BCUT2D eigenvalue weighted by atomic mass is 16.5. The van der Waals surface area contributed by atoms with Gasteiger partial charge in [0.15, 0.2) is 0 Å². The first kappa shape index (κ1) is 22.8. The SMILES string of the molecule is CC(C)c1ccc([C@H]2/C(=C(\O)c3ccc4c(c3)C[C@H](C)O4)C(=O)C(=O)N2Cc2ccncc2)cc1. The van der Waals surface area contributed by atoms with Crippen LogP contribution in [0.15, 0.2) is 72.6 Å². The number of hydrogen-bond donors (Lipinski definition) is 1. The summed E-state index contributed by atoms with van der Waals surface area (Å²) in [5, 5.41) is 11.4. The van der Waals surface area contributed by atoms with E-state index in [9.17, 15) is 14.7 Å². The molecule has 5 rings (SSSR count). The van der Waals surface area contributed by atoms with Gasteiger partial charge in [0.25, 0.3) is 11.7 Å². The van der Waals surface area contributed by atoms with Crippen molar-refractivity contribution in [2.24, 2.45) is 0 Å². The van der Waals surface area contributed by atoms with Crippen molar-refractivity contribution >= 4 is 17.4 Å². The number of hydrogen-bond acceptors (Lipinski definition) is 5. The highest BCUT2D eigenvalue weighted by Gasteiger charge is 2.46. The van der Waals surface area contributed by atoms with E-state index in [1.54, 1.807) is 18.5 Å². The smallest absolute Gasteiger partial charge is 0.295 e. The van der Waals surface area contributed by atoms with Crippen LogP contribution in [-0.2, 0) is 22.6 Å². The standard InChI is InChI=1S/C29H28N2O4/c1-17(2)20-4-6-21(7-5-20)26-25(27(32)22-8-9-24-23(15-22)14-18(3)35-24)28(33)29(34)31(26)16-19-10-12-30-13-11-19/h4-13,15,17-18,26,32H,14,16H2,1-3H3/b27-25+/t18-,26-/m0/s1. The van der Waals surface area contributed by atoms with E-state index >= 15 is 0 Å². The number of carbonyl (C=O) groups excluding carboxylic acids is 2. The molecular formula is C29H28N2O4. The lowest BCUT2D eigenvalue weighted by molar-refractivity contribution is -0.140. The molecule has 0 radical (unpaired) electrons. The Balaban J connectivity index is 1.62. The molecule has 0 saturated carbocycles. The maximum Gasteiger partial charge on any atom is 0.295 e. The first-order valence-electron chi connectivity index (χ1n) is 11.9. The molecular weight excluding hydrogens is 440 g/mol. The number of aliphatic hydroxyl groups is 1. The van der Waals surface area contributed by atoms with E-state index in [0.717, 1.165) is 34.4 Å². The molecule has 35 heavy (non-hydrogen) atoms. The van der Waals surface area contributed by atoms with Crippen molar-refractivity contribution in [3.8, 4) is 5.75 Å².